The normalized spacial score (nSPS) is 10.8. The lowest BCUT2D eigenvalue weighted by Gasteiger charge is -2.10. The number of aromatic nitrogens is 3. The van der Waals surface area contributed by atoms with E-state index in [0.29, 0.717) is 23.6 Å². The third-order valence-electron chi connectivity index (χ3n) is 4.26. The zero-order valence-electron chi connectivity index (χ0n) is 15.8. The fourth-order valence-electron chi connectivity index (χ4n) is 2.95. The molecule has 3 rings (SSSR count). The van der Waals surface area contributed by atoms with Crippen LogP contribution in [0.15, 0.2) is 24.4 Å². The fraction of sp³-hybridized carbons (Fsp3) is 0.316. The Labute approximate surface area is 156 Å². The summed E-state index contributed by atoms with van der Waals surface area (Å²) < 4.78 is 17.2. The van der Waals surface area contributed by atoms with Crippen LogP contribution in [0.3, 0.4) is 0 Å². The first-order valence-corrected chi connectivity index (χ1v) is 8.61. The second kappa shape index (κ2) is 7.53. The molecule has 0 aliphatic heterocycles. The molecule has 0 saturated heterocycles. The smallest absolute Gasteiger partial charge is 0.343 e. The van der Waals surface area contributed by atoms with Crippen LogP contribution in [0, 0.1) is 0 Å². The summed E-state index contributed by atoms with van der Waals surface area (Å²) in [4.78, 5) is 16.5. The Hall–Kier alpha value is -3.29. The molecule has 0 spiro atoms. The number of nitrogen functional groups attached to an aromatic ring is 1. The van der Waals surface area contributed by atoms with Crippen molar-refractivity contribution in [3.05, 3.63) is 35.7 Å². The van der Waals surface area contributed by atoms with Crippen molar-refractivity contribution in [3.8, 4) is 22.6 Å². The minimum Gasteiger partial charge on any atom is -0.493 e. The molecule has 3 aromatic rings. The summed E-state index contributed by atoms with van der Waals surface area (Å²) in [5.41, 5.74) is 9.44. The highest BCUT2D eigenvalue weighted by Gasteiger charge is 2.21. The Balaban J connectivity index is 2.22. The molecule has 0 fully saturated rings. The van der Waals surface area contributed by atoms with Crippen LogP contribution in [-0.2, 0) is 11.2 Å². The molecule has 2 heterocycles. The number of anilines is 1. The van der Waals surface area contributed by atoms with E-state index in [9.17, 15) is 4.79 Å². The number of nitrogens with two attached hydrogens (primary N) is 1. The largest absolute Gasteiger partial charge is 0.493 e. The standard InChI is InChI=1S/C19H22N4O4/c1-5-13-16(11-7-8-14(25-3)15(9-11)26-4)18-21-10-12(19(24)27-6-2)17(20)23(18)22-13/h7-10H,5-6,20H2,1-4H3. The molecule has 0 saturated carbocycles. The van der Waals surface area contributed by atoms with Crippen LogP contribution in [0.1, 0.15) is 29.9 Å². The second-order valence-corrected chi connectivity index (χ2v) is 5.76. The molecule has 0 aliphatic carbocycles. The minimum absolute atomic E-state index is 0.188. The molecule has 142 valence electrons. The molecule has 2 N–H and O–H groups in total. The molecule has 1 aromatic carbocycles. The van der Waals surface area contributed by atoms with Gasteiger partial charge in [0, 0.05) is 11.8 Å². The van der Waals surface area contributed by atoms with Crippen LogP contribution in [-0.4, -0.2) is 41.4 Å². The van der Waals surface area contributed by atoms with Crippen LogP contribution in [0.25, 0.3) is 16.8 Å². The molecule has 0 atom stereocenters. The maximum Gasteiger partial charge on any atom is 0.343 e. The van der Waals surface area contributed by atoms with Crippen LogP contribution in [0.2, 0.25) is 0 Å². The van der Waals surface area contributed by atoms with Gasteiger partial charge < -0.3 is 19.9 Å². The first-order chi connectivity index (χ1) is 13.0. The highest BCUT2D eigenvalue weighted by Crippen LogP contribution is 2.36. The number of aryl methyl sites for hydroxylation is 1. The maximum atomic E-state index is 12.1. The molecule has 0 radical (unpaired) electrons. The van der Waals surface area contributed by atoms with E-state index in [1.54, 1.807) is 21.1 Å². The molecule has 0 amide bonds. The van der Waals surface area contributed by atoms with E-state index in [1.165, 1.54) is 10.7 Å². The Morgan fingerprint density at radius 1 is 1.19 bits per heavy atom. The SMILES string of the molecule is CCOC(=O)c1cnc2c(-c3ccc(OC)c(OC)c3)c(CC)nn2c1N. The van der Waals surface area contributed by atoms with E-state index < -0.39 is 5.97 Å². The van der Waals surface area contributed by atoms with Gasteiger partial charge in [-0.2, -0.15) is 9.61 Å². The number of ether oxygens (including phenoxy) is 3. The molecule has 8 nitrogen and oxygen atoms in total. The molecular weight excluding hydrogens is 348 g/mol. The molecular formula is C19H22N4O4. The summed E-state index contributed by atoms with van der Waals surface area (Å²) in [6.07, 6.45) is 2.09. The number of fused-ring (bicyclic) bond motifs is 1. The highest BCUT2D eigenvalue weighted by atomic mass is 16.5. The lowest BCUT2D eigenvalue weighted by Crippen LogP contribution is -2.12. The van der Waals surface area contributed by atoms with Gasteiger partial charge in [-0.25, -0.2) is 9.78 Å². The van der Waals surface area contributed by atoms with E-state index in [-0.39, 0.29) is 18.0 Å². The summed E-state index contributed by atoms with van der Waals surface area (Å²) >= 11 is 0. The molecule has 0 aliphatic rings. The molecule has 2 aromatic heterocycles. The van der Waals surface area contributed by atoms with E-state index >= 15 is 0 Å². The summed E-state index contributed by atoms with van der Waals surface area (Å²) in [5.74, 6) is 0.908. The molecule has 27 heavy (non-hydrogen) atoms. The van der Waals surface area contributed by atoms with Gasteiger partial charge in [0.25, 0.3) is 0 Å². The second-order valence-electron chi connectivity index (χ2n) is 5.76. The highest BCUT2D eigenvalue weighted by molar-refractivity contribution is 5.95. The van der Waals surface area contributed by atoms with Gasteiger partial charge in [-0.15, -0.1) is 0 Å². The van der Waals surface area contributed by atoms with Gasteiger partial charge in [0.15, 0.2) is 17.1 Å². The summed E-state index contributed by atoms with van der Waals surface area (Å²) in [5, 5.41) is 4.56. The van der Waals surface area contributed by atoms with Crippen molar-refractivity contribution in [2.75, 3.05) is 26.6 Å². The van der Waals surface area contributed by atoms with E-state index in [2.05, 4.69) is 10.1 Å². The van der Waals surface area contributed by atoms with Gasteiger partial charge in [0.2, 0.25) is 0 Å². The first-order valence-electron chi connectivity index (χ1n) is 8.61. The third-order valence-corrected chi connectivity index (χ3v) is 4.26. The summed E-state index contributed by atoms with van der Waals surface area (Å²) in [7, 11) is 3.17. The van der Waals surface area contributed by atoms with Crippen molar-refractivity contribution in [3.63, 3.8) is 0 Å². The van der Waals surface area contributed by atoms with Crippen molar-refractivity contribution < 1.29 is 19.0 Å². The van der Waals surface area contributed by atoms with E-state index in [1.807, 2.05) is 25.1 Å². The van der Waals surface area contributed by atoms with Gasteiger partial charge in [-0.1, -0.05) is 13.0 Å². The van der Waals surface area contributed by atoms with Gasteiger partial charge >= 0.3 is 5.97 Å². The quantitative estimate of drug-likeness (QED) is 0.666. The van der Waals surface area contributed by atoms with Gasteiger partial charge in [-0.3, -0.25) is 0 Å². The molecule has 8 heteroatoms. The average molecular weight is 370 g/mol. The van der Waals surface area contributed by atoms with Crippen molar-refractivity contribution in [1.82, 2.24) is 14.6 Å². The Bertz CT molecular complexity index is 997. The predicted octanol–water partition coefficient (Wildman–Crippen LogP) is 2.73. The number of benzene rings is 1. The number of methoxy groups -OCH3 is 2. The summed E-state index contributed by atoms with van der Waals surface area (Å²) in [6.45, 7) is 3.99. The number of nitrogens with zero attached hydrogens (tertiary/aromatic N) is 3. The Kier molecular flexibility index (Phi) is 5.16. The summed E-state index contributed by atoms with van der Waals surface area (Å²) in [6, 6.07) is 5.61. The molecule has 0 unspecified atom stereocenters. The number of carbonyl (C=O) groups is 1. The van der Waals surface area contributed by atoms with Gasteiger partial charge in [0.1, 0.15) is 11.4 Å². The maximum absolute atomic E-state index is 12.1. The van der Waals surface area contributed by atoms with E-state index in [0.717, 1.165) is 16.8 Å². The van der Waals surface area contributed by atoms with Crippen molar-refractivity contribution in [2.24, 2.45) is 0 Å². The number of carbonyl (C=O) groups excluding carboxylic acids is 1. The average Bonchev–Trinajstić information content (AvgIpc) is 3.07. The van der Waals surface area contributed by atoms with Gasteiger partial charge in [-0.05, 0) is 31.0 Å². The van der Waals surface area contributed by atoms with Crippen molar-refractivity contribution in [2.45, 2.75) is 20.3 Å². The predicted molar refractivity (Wildman–Crippen MR) is 101 cm³/mol. The lowest BCUT2D eigenvalue weighted by molar-refractivity contribution is 0.0526. The van der Waals surface area contributed by atoms with Crippen LogP contribution in [0.5, 0.6) is 11.5 Å². The fourth-order valence-corrected chi connectivity index (χ4v) is 2.95. The van der Waals surface area contributed by atoms with Gasteiger partial charge in [0.05, 0.1) is 26.5 Å². The minimum atomic E-state index is -0.523. The number of esters is 1. The zero-order valence-corrected chi connectivity index (χ0v) is 15.8. The van der Waals surface area contributed by atoms with Crippen LogP contribution >= 0.6 is 0 Å². The Morgan fingerprint density at radius 3 is 2.56 bits per heavy atom. The third kappa shape index (κ3) is 3.14. The van der Waals surface area contributed by atoms with Crippen LogP contribution in [0.4, 0.5) is 5.82 Å². The number of hydrogen-bond acceptors (Lipinski definition) is 7. The van der Waals surface area contributed by atoms with Crippen molar-refractivity contribution >= 4 is 17.4 Å². The topological polar surface area (TPSA) is 101 Å². The first kappa shape index (κ1) is 18.5. The monoisotopic (exact) mass is 370 g/mol. The van der Waals surface area contributed by atoms with Crippen molar-refractivity contribution in [1.29, 1.82) is 0 Å². The Morgan fingerprint density at radius 2 is 1.93 bits per heavy atom. The zero-order chi connectivity index (χ0) is 19.6. The van der Waals surface area contributed by atoms with E-state index in [4.69, 9.17) is 19.9 Å². The number of rotatable bonds is 6. The number of hydrogen-bond donors (Lipinski definition) is 1. The molecule has 0 bridgehead atoms. The lowest BCUT2D eigenvalue weighted by atomic mass is 10.0. The van der Waals surface area contributed by atoms with Crippen LogP contribution < -0.4 is 15.2 Å².